The van der Waals surface area contributed by atoms with E-state index >= 15 is 0 Å². The summed E-state index contributed by atoms with van der Waals surface area (Å²) in [5.74, 6) is 0.676. The van der Waals surface area contributed by atoms with Crippen LogP contribution in [0.15, 0.2) is 55.2 Å². The summed E-state index contributed by atoms with van der Waals surface area (Å²) in [5.41, 5.74) is 3.20. The first-order valence-electron chi connectivity index (χ1n) is 8.20. The predicted octanol–water partition coefficient (Wildman–Crippen LogP) is 3.87. The second-order valence-corrected chi connectivity index (χ2v) is 6.02. The Kier molecular flexibility index (Phi) is 3.66. The molecule has 1 aliphatic carbocycles. The third-order valence-electron chi connectivity index (χ3n) is 4.61. The summed E-state index contributed by atoms with van der Waals surface area (Å²) in [5, 5.41) is 4.89. The maximum absolute atomic E-state index is 5.30. The smallest absolute Gasteiger partial charge is 0.118 e. The highest BCUT2D eigenvalue weighted by molar-refractivity contribution is 5.97. The van der Waals surface area contributed by atoms with Gasteiger partial charge in [-0.2, -0.15) is 0 Å². The predicted molar refractivity (Wildman–Crippen MR) is 101 cm³/mol. The van der Waals surface area contributed by atoms with Crippen molar-refractivity contribution in [1.82, 2.24) is 4.98 Å². The molecule has 3 aromatic rings. The Balaban J connectivity index is 2.03. The highest BCUT2D eigenvalue weighted by atomic mass is 16.5. The number of ether oxygens (including phenoxy) is 1. The molecule has 2 heteroatoms. The monoisotopic (exact) mass is 313 g/mol. The Morgan fingerprint density at radius 2 is 1.96 bits per heavy atom. The van der Waals surface area contributed by atoms with Crippen LogP contribution in [0.4, 0.5) is 0 Å². The SMILES string of the molecule is C=C(OC)c1ccc2cccc(-c3nccc4c3=CCCC=4)c2c1. The Morgan fingerprint density at radius 3 is 2.83 bits per heavy atom. The van der Waals surface area contributed by atoms with Crippen molar-refractivity contribution in [3.8, 4) is 11.3 Å². The van der Waals surface area contributed by atoms with Crippen LogP contribution in [-0.2, 0) is 4.74 Å². The minimum Gasteiger partial charge on any atom is -0.497 e. The van der Waals surface area contributed by atoms with E-state index in [1.54, 1.807) is 7.11 Å². The van der Waals surface area contributed by atoms with Gasteiger partial charge in [0.2, 0.25) is 0 Å². The van der Waals surface area contributed by atoms with Crippen LogP contribution < -0.4 is 10.4 Å². The molecule has 24 heavy (non-hydrogen) atoms. The Bertz CT molecular complexity index is 1060. The third-order valence-corrected chi connectivity index (χ3v) is 4.61. The van der Waals surface area contributed by atoms with Gasteiger partial charge < -0.3 is 4.74 Å². The molecule has 0 amide bonds. The van der Waals surface area contributed by atoms with Crippen LogP contribution in [-0.4, -0.2) is 12.1 Å². The second kappa shape index (κ2) is 5.97. The van der Waals surface area contributed by atoms with E-state index in [4.69, 9.17) is 9.72 Å². The van der Waals surface area contributed by atoms with Crippen molar-refractivity contribution < 1.29 is 4.74 Å². The highest BCUT2D eigenvalue weighted by Gasteiger charge is 2.10. The zero-order valence-electron chi connectivity index (χ0n) is 13.8. The van der Waals surface area contributed by atoms with Crippen LogP contribution in [0.2, 0.25) is 0 Å². The number of rotatable bonds is 3. The molecule has 0 radical (unpaired) electrons. The van der Waals surface area contributed by atoms with Crippen LogP contribution in [0.5, 0.6) is 0 Å². The van der Waals surface area contributed by atoms with E-state index in [9.17, 15) is 0 Å². The van der Waals surface area contributed by atoms with Gasteiger partial charge in [0.05, 0.1) is 12.8 Å². The molecule has 4 rings (SSSR count). The zero-order valence-corrected chi connectivity index (χ0v) is 13.8. The van der Waals surface area contributed by atoms with Gasteiger partial charge in [-0.05, 0) is 41.0 Å². The second-order valence-electron chi connectivity index (χ2n) is 6.02. The molecule has 0 spiro atoms. The fourth-order valence-electron chi connectivity index (χ4n) is 3.33. The van der Waals surface area contributed by atoms with Crippen LogP contribution in [0.25, 0.3) is 39.9 Å². The molecule has 0 bridgehead atoms. The van der Waals surface area contributed by atoms with Crippen molar-refractivity contribution >= 4 is 28.7 Å². The van der Waals surface area contributed by atoms with Crippen molar-refractivity contribution in [2.75, 3.05) is 7.11 Å². The van der Waals surface area contributed by atoms with Crippen molar-refractivity contribution in [3.63, 3.8) is 0 Å². The summed E-state index contributed by atoms with van der Waals surface area (Å²) in [7, 11) is 1.65. The van der Waals surface area contributed by atoms with Gasteiger partial charge in [0.25, 0.3) is 0 Å². The molecular formula is C22H19NO. The molecular weight excluding hydrogens is 294 g/mol. The lowest BCUT2D eigenvalue weighted by Gasteiger charge is -2.11. The van der Waals surface area contributed by atoms with Gasteiger partial charge in [-0.15, -0.1) is 0 Å². The van der Waals surface area contributed by atoms with Crippen LogP contribution in [0.1, 0.15) is 18.4 Å². The summed E-state index contributed by atoms with van der Waals surface area (Å²) in [6.45, 7) is 3.97. The summed E-state index contributed by atoms with van der Waals surface area (Å²) < 4.78 is 5.30. The van der Waals surface area contributed by atoms with Crippen molar-refractivity contribution in [2.24, 2.45) is 0 Å². The van der Waals surface area contributed by atoms with Gasteiger partial charge in [0, 0.05) is 22.5 Å². The normalized spacial score (nSPS) is 12.9. The minimum absolute atomic E-state index is 0.676. The van der Waals surface area contributed by atoms with Gasteiger partial charge >= 0.3 is 0 Å². The molecule has 0 saturated carbocycles. The standard InChI is InChI=1S/C22H19NO/c1-15(24-2)18-11-10-16-7-5-9-20(21(16)14-18)22-19-8-4-3-6-17(19)12-13-23-22/h5-14H,1,3-4H2,2H3. The Labute approximate surface area is 141 Å². The molecule has 0 saturated heterocycles. The average molecular weight is 313 g/mol. The van der Waals surface area contributed by atoms with Crippen molar-refractivity contribution in [3.05, 3.63) is 71.2 Å². The Hall–Kier alpha value is -2.87. The van der Waals surface area contributed by atoms with Crippen LogP contribution in [0.3, 0.4) is 0 Å². The lowest BCUT2D eigenvalue weighted by molar-refractivity contribution is 0.371. The number of benzene rings is 2. The summed E-state index contributed by atoms with van der Waals surface area (Å²) in [6.07, 6.45) is 8.67. The van der Waals surface area contributed by atoms with E-state index in [2.05, 4.69) is 55.1 Å². The van der Waals surface area contributed by atoms with E-state index in [1.807, 2.05) is 12.3 Å². The van der Waals surface area contributed by atoms with Gasteiger partial charge in [0.1, 0.15) is 5.76 Å². The average Bonchev–Trinajstić information content (AvgIpc) is 2.66. The molecule has 0 fully saturated rings. The number of hydrogen-bond donors (Lipinski definition) is 0. The molecule has 0 N–H and O–H groups in total. The zero-order chi connectivity index (χ0) is 16.5. The van der Waals surface area contributed by atoms with E-state index in [0.29, 0.717) is 5.76 Å². The number of methoxy groups -OCH3 is 1. The molecule has 0 aliphatic heterocycles. The number of pyridine rings is 1. The first-order chi connectivity index (χ1) is 11.8. The number of hydrogen-bond acceptors (Lipinski definition) is 2. The van der Waals surface area contributed by atoms with E-state index in [0.717, 1.165) is 29.7 Å². The molecule has 1 aliphatic rings. The lowest BCUT2D eigenvalue weighted by atomic mass is 9.96. The lowest BCUT2D eigenvalue weighted by Crippen LogP contribution is -2.29. The van der Waals surface area contributed by atoms with Gasteiger partial charge in [0.15, 0.2) is 0 Å². The van der Waals surface area contributed by atoms with Gasteiger partial charge in [-0.3, -0.25) is 4.98 Å². The number of nitrogens with zero attached hydrogens (tertiary/aromatic N) is 1. The summed E-state index contributed by atoms with van der Waals surface area (Å²) in [4.78, 5) is 4.70. The number of aromatic nitrogens is 1. The van der Waals surface area contributed by atoms with E-state index in [-0.39, 0.29) is 0 Å². The maximum Gasteiger partial charge on any atom is 0.118 e. The first kappa shape index (κ1) is 14.7. The molecule has 118 valence electrons. The fraction of sp³-hybridized carbons (Fsp3) is 0.136. The van der Waals surface area contributed by atoms with Crippen LogP contribution >= 0.6 is 0 Å². The molecule has 1 aromatic heterocycles. The fourth-order valence-corrected chi connectivity index (χ4v) is 3.33. The van der Waals surface area contributed by atoms with Crippen molar-refractivity contribution in [2.45, 2.75) is 12.8 Å². The molecule has 0 atom stereocenters. The van der Waals surface area contributed by atoms with E-state index < -0.39 is 0 Å². The highest BCUT2D eigenvalue weighted by Crippen LogP contribution is 2.28. The summed E-state index contributed by atoms with van der Waals surface area (Å²) in [6, 6.07) is 14.8. The quantitative estimate of drug-likeness (QED) is 0.685. The first-order valence-corrected chi connectivity index (χ1v) is 8.20. The van der Waals surface area contributed by atoms with Gasteiger partial charge in [-0.1, -0.05) is 49.1 Å². The maximum atomic E-state index is 5.30. The largest absolute Gasteiger partial charge is 0.497 e. The van der Waals surface area contributed by atoms with Crippen molar-refractivity contribution in [1.29, 1.82) is 0 Å². The molecule has 2 nitrogen and oxygen atoms in total. The summed E-state index contributed by atoms with van der Waals surface area (Å²) >= 11 is 0. The number of fused-ring (bicyclic) bond motifs is 2. The molecule has 0 unspecified atom stereocenters. The topological polar surface area (TPSA) is 22.1 Å². The Morgan fingerprint density at radius 1 is 1.08 bits per heavy atom. The molecule has 1 heterocycles. The van der Waals surface area contributed by atoms with E-state index in [1.165, 1.54) is 21.2 Å². The molecule has 2 aromatic carbocycles. The van der Waals surface area contributed by atoms with Gasteiger partial charge in [-0.25, -0.2) is 0 Å². The third kappa shape index (κ3) is 2.41. The minimum atomic E-state index is 0.676. The van der Waals surface area contributed by atoms with Crippen LogP contribution in [0, 0.1) is 0 Å².